The van der Waals surface area contributed by atoms with E-state index in [1.807, 2.05) is 0 Å². The lowest BCUT2D eigenvalue weighted by atomic mass is 10.4. The van der Waals surface area contributed by atoms with E-state index in [2.05, 4.69) is 21.1 Å². The van der Waals surface area contributed by atoms with Gasteiger partial charge in [0.05, 0.1) is 12.6 Å². The third kappa shape index (κ3) is 6.41. The Morgan fingerprint density at radius 2 is 2.14 bits per heavy atom. The van der Waals surface area contributed by atoms with Gasteiger partial charge in [-0.15, -0.1) is 0 Å². The molecule has 0 saturated carbocycles. The maximum atomic E-state index is 11.5. The molecule has 2 amide bonds. The standard InChI is InChI=1S/C13H23N7O/c1-16-12-19(6-3-15)9-8-18(5-2-14)10-11-20-7-4-17-13(20)21/h2,4-12,14H2,(H,17,21). The van der Waals surface area contributed by atoms with Crippen LogP contribution in [0.25, 0.3) is 4.85 Å². The van der Waals surface area contributed by atoms with Crippen molar-refractivity contribution in [3.63, 3.8) is 0 Å². The van der Waals surface area contributed by atoms with E-state index in [0.717, 1.165) is 26.2 Å². The molecule has 0 unspecified atom stereocenters. The molecule has 0 bridgehead atoms. The monoisotopic (exact) mass is 293 g/mol. The highest BCUT2D eigenvalue weighted by Crippen LogP contribution is 1.98. The molecule has 0 aromatic carbocycles. The number of nitrogens with two attached hydrogens (primary N) is 1. The fourth-order valence-electron chi connectivity index (χ4n) is 2.19. The second kappa shape index (κ2) is 9.94. The van der Waals surface area contributed by atoms with Crippen molar-refractivity contribution in [3.8, 4) is 6.07 Å². The smallest absolute Gasteiger partial charge is 0.317 e. The topological polar surface area (TPSA) is 93.0 Å². The molecule has 1 saturated heterocycles. The minimum absolute atomic E-state index is 0.0122. The third-order valence-corrected chi connectivity index (χ3v) is 3.37. The number of carbonyl (C=O) groups excluding carboxylic acids is 1. The van der Waals surface area contributed by atoms with Crippen molar-refractivity contribution >= 4 is 6.03 Å². The largest absolute Gasteiger partial charge is 0.336 e. The van der Waals surface area contributed by atoms with E-state index < -0.39 is 0 Å². The maximum absolute atomic E-state index is 11.5. The summed E-state index contributed by atoms with van der Waals surface area (Å²) >= 11 is 0. The first kappa shape index (κ1) is 17.2. The van der Waals surface area contributed by atoms with Crippen LogP contribution in [0.2, 0.25) is 0 Å². The lowest BCUT2D eigenvalue weighted by Gasteiger charge is -2.25. The summed E-state index contributed by atoms with van der Waals surface area (Å²) in [6.45, 7) is 12.9. The second-order valence-electron chi connectivity index (χ2n) is 4.86. The highest BCUT2D eigenvalue weighted by Gasteiger charge is 2.20. The summed E-state index contributed by atoms with van der Waals surface area (Å²) in [5.41, 5.74) is 5.62. The molecule has 3 N–H and O–H groups in total. The number of hydrogen-bond donors (Lipinski definition) is 2. The van der Waals surface area contributed by atoms with Crippen molar-refractivity contribution in [3.05, 3.63) is 11.4 Å². The number of hydrogen-bond acceptors (Lipinski definition) is 5. The molecule has 1 heterocycles. The zero-order valence-electron chi connectivity index (χ0n) is 12.3. The van der Waals surface area contributed by atoms with Gasteiger partial charge >= 0.3 is 6.03 Å². The summed E-state index contributed by atoms with van der Waals surface area (Å²) < 4.78 is 0. The molecule has 1 aliphatic rings. The highest BCUT2D eigenvalue weighted by atomic mass is 16.2. The van der Waals surface area contributed by atoms with E-state index in [0.29, 0.717) is 26.2 Å². The third-order valence-electron chi connectivity index (χ3n) is 3.37. The fraction of sp³-hybridized carbons (Fsp3) is 0.769. The van der Waals surface area contributed by atoms with Crippen molar-refractivity contribution in [2.24, 2.45) is 5.73 Å². The molecule has 21 heavy (non-hydrogen) atoms. The van der Waals surface area contributed by atoms with E-state index in [1.54, 1.807) is 9.80 Å². The molecular formula is C13H23N7O. The molecule has 1 aliphatic heterocycles. The molecular weight excluding hydrogens is 270 g/mol. The van der Waals surface area contributed by atoms with Crippen molar-refractivity contribution in [2.45, 2.75) is 0 Å². The summed E-state index contributed by atoms with van der Waals surface area (Å²) in [7, 11) is 0. The Morgan fingerprint density at radius 1 is 1.38 bits per heavy atom. The predicted molar refractivity (Wildman–Crippen MR) is 79.1 cm³/mol. The van der Waals surface area contributed by atoms with Gasteiger partial charge in [-0.2, -0.15) is 5.26 Å². The number of nitrogens with one attached hydrogen (secondary N) is 1. The number of urea groups is 1. The predicted octanol–water partition coefficient (Wildman–Crippen LogP) is -1.03. The van der Waals surface area contributed by atoms with E-state index >= 15 is 0 Å². The van der Waals surface area contributed by atoms with Gasteiger partial charge < -0.3 is 16.0 Å². The first-order valence-corrected chi connectivity index (χ1v) is 7.09. The Bertz CT molecular complexity index is 384. The number of rotatable bonds is 10. The van der Waals surface area contributed by atoms with Crippen LogP contribution in [0.15, 0.2) is 0 Å². The Kier molecular flexibility index (Phi) is 8.14. The van der Waals surface area contributed by atoms with Gasteiger partial charge in [-0.3, -0.25) is 9.74 Å². The van der Waals surface area contributed by atoms with Gasteiger partial charge in [-0.25, -0.2) is 16.3 Å². The van der Waals surface area contributed by atoms with Crippen LogP contribution in [0.1, 0.15) is 0 Å². The average molecular weight is 293 g/mol. The van der Waals surface area contributed by atoms with Crippen LogP contribution in [0.5, 0.6) is 0 Å². The Balaban J connectivity index is 2.36. The second-order valence-corrected chi connectivity index (χ2v) is 4.86. The summed E-state index contributed by atoms with van der Waals surface area (Å²) in [4.78, 5) is 20.6. The molecule has 0 aromatic rings. The van der Waals surface area contributed by atoms with Gasteiger partial charge in [-0.05, 0) is 0 Å². The van der Waals surface area contributed by atoms with Gasteiger partial charge in [-0.1, -0.05) is 0 Å². The fourth-order valence-corrected chi connectivity index (χ4v) is 2.19. The Labute approximate surface area is 125 Å². The molecule has 8 nitrogen and oxygen atoms in total. The van der Waals surface area contributed by atoms with Crippen LogP contribution in [0.4, 0.5) is 4.79 Å². The van der Waals surface area contributed by atoms with Crippen molar-refractivity contribution in [1.82, 2.24) is 20.0 Å². The summed E-state index contributed by atoms with van der Waals surface area (Å²) in [6, 6.07) is 2.06. The lowest BCUT2D eigenvalue weighted by Crippen LogP contribution is -2.42. The summed E-state index contributed by atoms with van der Waals surface area (Å²) in [5.74, 6) is 0. The minimum Gasteiger partial charge on any atom is -0.336 e. The number of carbonyl (C=O) groups is 1. The molecule has 0 aliphatic carbocycles. The molecule has 1 fully saturated rings. The van der Waals surface area contributed by atoms with Crippen molar-refractivity contribution < 1.29 is 4.79 Å². The van der Waals surface area contributed by atoms with E-state index in [4.69, 9.17) is 17.6 Å². The quantitative estimate of drug-likeness (QED) is 0.397. The maximum Gasteiger partial charge on any atom is 0.317 e. The SMILES string of the molecule is [C-]#[N+]CN(CC#N)CCN(CCN)CCN1CCNC1=O. The molecule has 0 atom stereocenters. The normalized spacial score (nSPS) is 14.3. The van der Waals surface area contributed by atoms with Gasteiger partial charge in [0.15, 0.2) is 0 Å². The van der Waals surface area contributed by atoms with Gasteiger partial charge in [0.2, 0.25) is 0 Å². The number of nitriles is 1. The van der Waals surface area contributed by atoms with Crippen LogP contribution in [0.3, 0.4) is 0 Å². The van der Waals surface area contributed by atoms with Crippen LogP contribution >= 0.6 is 0 Å². The van der Waals surface area contributed by atoms with Crippen LogP contribution in [-0.2, 0) is 0 Å². The van der Waals surface area contributed by atoms with Crippen LogP contribution < -0.4 is 11.1 Å². The number of amides is 2. The number of nitrogens with zero attached hydrogens (tertiary/aromatic N) is 5. The Hall–Kier alpha value is -1.87. The van der Waals surface area contributed by atoms with E-state index in [9.17, 15) is 4.79 Å². The average Bonchev–Trinajstić information content (AvgIpc) is 2.87. The van der Waals surface area contributed by atoms with Crippen LogP contribution in [-0.4, -0.2) is 86.3 Å². The Morgan fingerprint density at radius 3 is 2.71 bits per heavy atom. The molecule has 116 valence electrons. The lowest BCUT2D eigenvalue weighted by molar-refractivity contribution is 0.192. The molecule has 0 aromatic heterocycles. The van der Waals surface area contributed by atoms with Crippen molar-refractivity contribution in [2.75, 3.05) is 65.6 Å². The minimum atomic E-state index is -0.0122. The van der Waals surface area contributed by atoms with Crippen molar-refractivity contribution in [1.29, 1.82) is 5.26 Å². The van der Waals surface area contributed by atoms with Crippen LogP contribution in [0, 0.1) is 17.9 Å². The summed E-state index contributed by atoms with van der Waals surface area (Å²) in [6.07, 6.45) is 0. The zero-order valence-corrected chi connectivity index (χ0v) is 12.3. The van der Waals surface area contributed by atoms with E-state index in [-0.39, 0.29) is 19.2 Å². The van der Waals surface area contributed by atoms with Gasteiger partial charge in [0.1, 0.15) is 0 Å². The molecule has 0 spiro atoms. The first-order valence-electron chi connectivity index (χ1n) is 7.09. The molecule has 8 heteroatoms. The van der Waals surface area contributed by atoms with Gasteiger partial charge in [0, 0.05) is 52.4 Å². The molecule has 1 rings (SSSR count). The van der Waals surface area contributed by atoms with Gasteiger partial charge in [0.25, 0.3) is 6.67 Å². The molecule has 0 radical (unpaired) electrons. The summed E-state index contributed by atoms with van der Waals surface area (Å²) in [5, 5.41) is 11.5. The zero-order chi connectivity index (χ0) is 15.5. The first-order chi connectivity index (χ1) is 10.2. The van der Waals surface area contributed by atoms with E-state index in [1.165, 1.54) is 0 Å². The highest BCUT2D eigenvalue weighted by molar-refractivity contribution is 5.76.